The Morgan fingerprint density at radius 1 is 1.21 bits per heavy atom. The fourth-order valence-corrected chi connectivity index (χ4v) is 4.34. The number of amides is 2. The third-order valence-electron chi connectivity index (χ3n) is 5.91. The van der Waals surface area contributed by atoms with Crippen LogP contribution >= 0.6 is 0 Å². The largest absolute Gasteiger partial charge is 0.335 e. The van der Waals surface area contributed by atoms with Crippen molar-refractivity contribution in [2.75, 3.05) is 5.32 Å². The molecule has 0 bridgehead atoms. The molecular formula is C19H23N3O2. The standard InChI is InChI=1S/C19H23N3O2/c1-22-11-7-13-4-5-14(12-15(13)17(22)23)20-18(24)21-16-6-10-19(16)8-2-3-9-19/h4-5,7,11-12,16H,2-3,6,8-10H2,1H3,(H2,20,21,24). The van der Waals surface area contributed by atoms with Crippen LogP contribution < -0.4 is 16.2 Å². The Labute approximate surface area is 141 Å². The number of aromatic nitrogens is 1. The van der Waals surface area contributed by atoms with Crippen molar-refractivity contribution in [1.29, 1.82) is 0 Å². The number of nitrogens with one attached hydrogen (secondary N) is 2. The Bertz CT molecular complexity index is 849. The summed E-state index contributed by atoms with van der Waals surface area (Å²) in [5.41, 5.74) is 0.958. The molecule has 1 atom stereocenters. The van der Waals surface area contributed by atoms with Crippen molar-refractivity contribution in [3.63, 3.8) is 0 Å². The molecule has 1 unspecified atom stereocenters. The van der Waals surface area contributed by atoms with Crippen molar-refractivity contribution in [1.82, 2.24) is 9.88 Å². The number of hydrogen-bond acceptors (Lipinski definition) is 2. The van der Waals surface area contributed by atoms with Gasteiger partial charge >= 0.3 is 6.03 Å². The Morgan fingerprint density at radius 2 is 2.00 bits per heavy atom. The molecule has 24 heavy (non-hydrogen) atoms. The van der Waals surface area contributed by atoms with Gasteiger partial charge in [0, 0.05) is 30.4 Å². The second-order valence-corrected chi connectivity index (χ2v) is 7.29. The predicted octanol–water partition coefficient (Wildman–Crippen LogP) is 3.38. The Kier molecular flexibility index (Phi) is 3.59. The summed E-state index contributed by atoms with van der Waals surface area (Å²) in [6.07, 6.45) is 9.12. The topological polar surface area (TPSA) is 63.1 Å². The molecule has 2 saturated carbocycles. The number of fused-ring (bicyclic) bond motifs is 1. The molecule has 2 aliphatic rings. The van der Waals surface area contributed by atoms with E-state index in [-0.39, 0.29) is 11.6 Å². The molecule has 0 radical (unpaired) electrons. The zero-order valence-electron chi connectivity index (χ0n) is 14.0. The molecule has 5 heteroatoms. The molecule has 2 aliphatic carbocycles. The smallest absolute Gasteiger partial charge is 0.319 e. The lowest BCUT2D eigenvalue weighted by Crippen LogP contribution is -2.54. The number of pyridine rings is 1. The summed E-state index contributed by atoms with van der Waals surface area (Å²) in [7, 11) is 1.73. The van der Waals surface area contributed by atoms with Gasteiger partial charge < -0.3 is 15.2 Å². The van der Waals surface area contributed by atoms with Gasteiger partial charge in [-0.15, -0.1) is 0 Å². The number of carbonyl (C=O) groups is 1. The fourth-order valence-electron chi connectivity index (χ4n) is 4.34. The van der Waals surface area contributed by atoms with Crippen molar-refractivity contribution in [3.05, 3.63) is 40.8 Å². The predicted molar refractivity (Wildman–Crippen MR) is 95.3 cm³/mol. The second kappa shape index (κ2) is 5.65. The summed E-state index contributed by atoms with van der Waals surface area (Å²) in [4.78, 5) is 24.5. The van der Waals surface area contributed by atoms with Gasteiger partial charge in [-0.1, -0.05) is 18.9 Å². The maximum absolute atomic E-state index is 12.3. The molecule has 2 amide bonds. The van der Waals surface area contributed by atoms with Crippen LogP contribution in [0.15, 0.2) is 35.3 Å². The number of hydrogen-bond donors (Lipinski definition) is 2. The number of carbonyl (C=O) groups excluding carboxylic acids is 1. The first-order valence-corrected chi connectivity index (χ1v) is 8.74. The van der Waals surface area contributed by atoms with Gasteiger partial charge in [0.05, 0.1) is 0 Å². The third-order valence-corrected chi connectivity index (χ3v) is 5.91. The molecule has 1 aromatic carbocycles. The van der Waals surface area contributed by atoms with Crippen LogP contribution in [0, 0.1) is 5.41 Å². The van der Waals surface area contributed by atoms with Gasteiger partial charge in [-0.05, 0) is 54.7 Å². The molecule has 1 spiro atoms. The van der Waals surface area contributed by atoms with Crippen molar-refractivity contribution >= 4 is 22.5 Å². The van der Waals surface area contributed by atoms with Crippen LogP contribution in [0.3, 0.4) is 0 Å². The van der Waals surface area contributed by atoms with E-state index in [4.69, 9.17) is 0 Å². The average Bonchev–Trinajstić information content (AvgIpc) is 3.08. The summed E-state index contributed by atoms with van der Waals surface area (Å²) in [6.45, 7) is 0. The zero-order valence-corrected chi connectivity index (χ0v) is 14.0. The molecule has 1 aromatic heterocycles. The lowest BCUT2D eigenvalue weighted by molar-refractivity contribution is 0.0811. The van der Waals surface area contributed by atoms with E-state index in [1.54, 1.807) is 23.9 Å². The molecule has 0 saturated heterocycles. The summed E-state index contributed by atoms with van der Waals surface area (Å²) in [5, 5.41) is 7.53. The highest BCUT2D eigenvalue weighted by molar-refractivity contribution is 5.93. The average molecular weight is 325 g/mol. The van der Waals surface area contributed by atoms with Crippen LogP contribution in [0.5, 0.6) is 0 Å². The molecule has 2 fully saturated rings. The first kappa shape index (κ1) is 15.2. The normalized spacial score (nSPS) is 21.6. The maximum atomic E-state index is 12.3. The molecule has 4 rings (SSSR count). The molecule has 2 aromatic rings. The van der Waals surface area contributed by atoms with Crippen LogP contribution in [0.4, 0.5) is 10.5 Å². The van der Waals surface area contributed by atoms with Crippen LogP contribution in [0.2, 0.25) is 0 Å². The van der Waals surface area contributed by atoms with Crippen LogP contribution in [-0.4, -0.2) is 16.6 Å². The first-order valence-electron chi connectivity index (χ1n) is 8.74. The van der Waals surface area contributed by atoms with Crippen LogP contribution in [0.25, 0.3) is 10.8 Å². The van der Waals surface area contributed by atoms with E-state index in [2.05, 4.69) is 10.6 Å². The highest BCUT2D eigenvalue weighted by Gasteiger charge is 2.48. The molecule has 126 valence electrons. The third kappa shape index (κ3) is 2.48. The SMILES string of the molecule is Cn1ccc2ccc(NC(=O)NC3CCC34CCCC4)cc2c1=O. The number of benzene rings is 1. The van der Waals surface area contributed by atoms with Crippen LogP contribution in [-0.2, 0) is 7.05 Å². The summed E-state index contributed by atoms with van der Waals surface area (Å²) in [5.74, 6) is 0. The van der Waals surface area contributed by atoms with Gasteiger partial charge in [0.25, 0.3) is 5.56 Å². The lowest BCUT2D eigenvalue weighted by atomic mass is 9.63. The Morgan fingerprint density at radius 3 is 2.71 bits per heavy atom. The zero-order chi connectivity index (χ0) is 16.7. The number of anilines is 1. The fraction of sp³-hybridized carbons (Fsp3) is 0.474. The highest BCUT2D eigenvalue weighted by Crippen LogP contribution is 2.53. The molecule has 2 N–H and O–H groups in total. The van der Waals surface area contributed by atoms with Gasteiger partial charge in [-0.2, -0.15) is 0 Å². The van der Waals surface area contributed by atoms with Crippen molar-refractivity contribution < 1.29 is 4.79 Å². The minimum atomic E-state index is -0.168. The van der Waals surface area contributed by atoms with Gasteiger partial charge in [-0.3, -0.25) is 4.79 Å². The van der Waals surface area contributed by atoms with E-state index >= 15 is 0 Å². The van der Waals surface area contributed by atoms with E-state index in [1.165, 1.54) is 32.1 Å². The monoisotopic (exact) mass is 325 g/mol. The molecular weight excluding hydrogens is 302 g/mol. The first-order chi connectivity index (χ1) is 11.6. The lowest BCUT2D eigenvalue weighted by Gasteiger charge is -2.47. The number of aryl methyl sites for hydroxylation is 1. The minimum Gasteiger partial charge on any atom is -0.335 e. The van der Waals surface area contributed by atoms with E-state index in [1.807, 2.05) is 18.2 Å². The summed E-state index contributed by atoms with van der Waals surface area (Å²) < 4.78 is 1.55. The molecule has 1 heterocycles. The maximum Gasteiger partial charge on any atom is 0.319 e. The highest BCUT2D eigenvalue weighted by atomic mass is 16.2. The van der Waals surface area contributed by atoms with Crippen molar-refractivity contribution in [2.45, 2.75) is 44.6 Å². The molecule has 0 aliphatic heterocycles. The van der Waals surface area contributed by atoms with Gasteiger partial charge in [-0.25, -0.2) is 4.79 Å². The van der Waals surface area contributed by atoms with E-state index in [0.29, 0.717) is 22.5 Å². The van der Waals surface area contributed by atoms with E-state index in [0.717, 1.165) is 11.8 Å². The van der Waals surface area contributed by atoms with Crippen molar-refractivity contribution in [2.24, 2.45) is 12.5 Å². The number of urea groups is 1. The van der Waals surface area contributed by atoms with E-state index < -0.39 is 0 Å². The van der Waals surface area contributed by atoms with Crippen molar-refractivity contribution in [3.8, 4) is 0 Å². The molecule has 5 nitrogen and oxygen atoms in total. The second-order valence-electron chi connectivity index (χ2n) is 7.29. The quantitative estimate of drug-likeness (QED) is 0.889. The van der Waals surface area contributed by atoms with E-state index in [9.17, 15) is 9.59 Å². The number of rotatable bonds is 2. The minimum absolute atomic E-state index is 0.0551. The summed E-state index contributed by atoms with van der Waals surface area (Å²) >= 11 is 0. The Hall–Kier alpha value is -2.30. The number of nitrogens with zero attached hydrogens (tertiary/aromatic N) is 1. The van der Waals surface area contributed by atoms with Gasteiger partial charge in [0.1, 0.15) is 0 Å². The Balaban J connectivity index is 1.49. The van der Waals surface area contributed by atoms with Gasteiger partial charge in [0.15, 0.2) is 0 Å². The van der Waals surface area contributed by atoms with Gasteiger partial charge in [0.2, 0.25) is 0 Å². The summed E-state index contributed by atoms with van der Waals surface area (Å²) in [6, 6.07) is 7.50. The van der Waals surface area contributed by atoms with Crippen LogP contribution in [0.1, 0.15) is 38.5 Å².